The third-order valence-corrected chi connectivity index (χ3v) is 5.71. The highest BCUT2D eigenvalue weighted by molar-refractivity contribution is 6.31. The van der Waals surface area contributed by atoms with Crippen LogP contribution in [0.2, 0.25) is 5.02 Å². The number of amides is 2. The van der Waals surface area contributed by atoms with Crippen LogP contribution in [0.4, 0.5) is 4.79 Å². The number of carbonyl (C=O) groups excluding carboxylic acids is 3. The number of urea groups is 1. The van der Waals surface area contributed by atoms with Gasteiger partial charge in [-0.15, -0.1) is 0 Å². The number of piperidine rings is 1. The van der Waals surface area contributed by atoms with Crippen LogP contribution in [-0.2, 0) is 19.1 Å². The van der Waals surface area contributed by atoms with Crippen LogP contribution in [0.5, 0.6) is 0 Å². The summed E-state index contributed by atoms with van der Waals surface area (Å²) in [5.74, 6) is -0.821. The molecule has 8 nitrogen and oxygen atoms in total. The van der Waals surface area contributed by atoms with E-state index in [1.54, 1.807) is 31.2 Å². The van der Waals surface area contributed by atoms with Crippen LogP contribution in [0.3, 0.4) is 0 Å². The molecule has 2 aliphatic rings. The van der Waals surface area contributed by atoms with E-state index in [1.807, 2.05) is 0 Å². The van der Waals surface area contributed by atoms with E-state index in [0.717, 1.165) is 0 Å². The summed E-state index contributed by atoms with van der Waals surface area (Å²) < 4.78 is 10.1. The molecule has 0 aliphatic carbocycles. The van der Waals surface area contributed by atoms with Crippen LogP contribution in [0.1, 0.15) is 31.4 Å². The third kappa shape index (κ3) is 4.94. The molecule has 9 heteroatoms. The fourth-order valence-electron chi connectivity index (χ4n) is 3.85. The average molecular weight is 436 g/mol. The van der Waals surface area contributed by atoms with Gasteiger partial charge >= 0.3 is 18.0 Å². The predicted octanol–water partition coefficient (Wildman–Crippen LogP) is 2.40. The molecular formula is C21H26ClN3O5. The summed E-state index contributed by atoms with van der Waals surface area (Å²) >= 11 is 6.33. The van der Waals surface area contributed by atoms with E-state index < -0.39 is 18.0 Å². The average Bonchev–Trinajstić information content (AvgIpc) is 2.74. The van der Waals surface area contributed by atoms with E-state index in [4.69, 9.17) is 21.1 Å². The molecule has 0 saturated carbocycles. The summed E-state index contributed by atoms with van der Waals surface area (Å²) in [6.45, 7) is 3.83. The summed E-state index contributed by atoms with van der Waals surface area (Å²) in [5, 5.41) is 5.97. The monoisotopic (exact) mass is 435 g/mol. The van der Waals surface area contributed by atoms with Gasteiger partial charge in [0, 0.05) is 17.3 Å². The fourth-order valence-corrected chi connectivity index (χ4v) is 4.09. The Hall–Kier alpha value is -2.58. The molecule has 2 N–H and O–H groups in total. The lowest BCUT2D eigenvalue weighted by molar-refractivity contribution is -0.149. The molecule has 0 unspecified atom stereocenters. The Balaban J connectivity index is 1.83. The number of ether oxygens (including phenoxy) is 2. The maximum atomic E-state index is 12.6. The zero-order chi connectivity index (χ0) is 21.7. The van der Waals surface area contributed by atoms with E-state index in [0.29, 0.717) is 60.9 Å². The van der Waals surface area contributed by atoms with Crippen LogP contribution >= 0.6 is 11.6 Å². The van der Waals surface area contributed by atoms with Gasteiger partial charge < -0.3 is 20.1 Å². The van der Waals surface area contributed by atoms with Crippen LogP contribution in [-0.4, -0.2) is 56.2 Å². The lowest BCUT2D eigenvalue weighted by Crippen LogP contribution is -2.49. The number of esters is 2. The Labute approximate surface area is 180 Å². The second-order valence-electron chi connectivity index (χ2n) is 7.24. The smallest absolute Gasteiger partial charge is 0.338 e. The predicted molar refractivity (Wildman–Crippen MR) is 111 cm³/mol. The molecule has 1 atom stereocenters. The van der Waals surface area contributed by atoms with Gasteiger partial charge in [-0.05, 0) is 44.5 Å². The molecule has 162 valence electrons. The minimum absolute atomic E-state index is 0.117. The number of likely N-dealkylation sites (tertiary alicyclic amines) is 1. The highest BCUT2D eigenvalue weighted by atomic mass is 35.5. The van der Waals surface area contributed by atoms with Crippen molar-refractivity contribution < 1.29 is 23.9 Å². The van der Waals surface area contributed by atoms with Gasteiger partial charge in [0.2, 0.25) is 0 Å². The van der Waals surface area contributed by atoms with Gasteiger partial charge in [0.05, 0.1) is 31.2 Å². The van der Waals surface area contributed by atoms with Crippen LogP contribution in [0, 0.1) is 5.92 Å². The molecule has 0 aromatic heterocycles. The molecule has 3 rings (SSSR count). The van der Waals surface area contributed by atoms with E-state index in [-0.39, 0.29) is 11.9 Å². The Morgan fingerprint density at radius 1 is 1.23 bits per heavy atom. The van der Waals surface area contributed by atoms with Crippen molar-refractivity contribution in [2.24, 2.45) is 5.92 Å². The van der Waals surface area contributed by atoms with Gasteiger partial charge in [-0.3, -0.25) is 9.69 Å². The summed E-state index contributed by atoms with van der Waals surface area (Å²) in [7, 11) is 1.30. The van der Waals surface area contributed by atoms with Gasteiger partial charge in [-0.1, -0.05) is 29.8 Å². The van der Waals surface area contributed by atoms with Gasteiger partial charge in [0.15, 0.2) is 0 Å². The van der Waals surface area contributed by atoms with Gasteiger partial charge in [-0.2, -0.15) is 0 Å². The van der Waals surface area contributed by atoms with Crippen molar-refractivity contribution in [2.75, 3.05) is 33.4 Å². The topological polar surface area (TPSA) is 97.0 Å². The number of halogens is 1. The standard InChI is InChI=1S/C21H26ClN3O5/c1-3-30-19(26)13-8-10-25(11-9-13)12-16-17(20(27)29-2)18(24-21(28)23-16)14-6-4-5-7-15(14)22/h4-7,13,18H,3,8-12H2,1-2H3,(H2,23,24,28)/t18-/m1/s1. The minimum atomic E-state index is -0.716. The SMILES string of the molecule is CCOC(=O)C1CCN(CC2=C(C(=O)OC)[C@@H](c3ccccc3Cl)NC(=O)N2)CC1. The molecular weight excluding hydrogens is 410 g/mol. The highest BCUT2D eigenvalue weighted by Crippen LogP contribution is 2.32. The van der Waals surface area contributed by atoms with Gasteiger partial charge in [0.1, 0.15) is 0 Å². The first kappa shape index (κ1) is 22.1. The van der Waals surface area contributed by atoms with Gasteiger partial charge in [-0.25, -0.2) is 9.59 Å². The van der Waals surface area contributed by atoms with Crippen molar-refractivity contribution in [1.29, 1.82) is 0 Å². The largest absolute Gasteiger partial charge is 0.466 e. The fraction of sp³-hybridized carbons (Fsp3) is 0.476. The molecule has 30 heavy (non-hydrogen) atoms. The summed E-state index contributed by atoms with van der Waals surface area (Å²) in [5.41, 5.74) is 1.41. The molecule has 1 fully saturated rings. The molecule has 1 saturated heterocycles. The number of hydrogen-bond acceptors (Lipinski definition) is 6. The first-order chi connectivity index (χ1) is 14.4. The van der Waals surface area contributed by atoms with Crippen molar-refractivity contribution in [3.05, 3.63) is 46.1 Å². The zero-order valence-corrected chi connectivity index (χ0v) is 17.8. The lowest BCUT2D eigenvalue weighted by Gasteiger charge is -2.35. The molecule has 2 heterocycles. The molecule has 1 aromatic carbocycles. The van der Waals surface area contributed by atoms with Crippen molar-refractivity contribution in [1.82, 2.24) is 15.5 Å². The van der Waals surface area contributed by atoms with E-state index in [2.05, 4.69) is 15.5 Å². The third-order valence-electron chi connectivity index (χ3n) is 5.36. The Kier molecular flexibility index (Phi) is 7.33. The second kappa shape index (κ2) is 9.95. The number of hydrogen-bond donors (Lipinski definition) is 2. The summed E-state index contributed by atoms with van der Waals surface area (Å²) in [6, 6.07) is 5.93. The van der Waals surface area contributed by atoms with Crippen molar-refractivity contribution in [2.45, 2.75) is 25.8 Å². The minimum Gasteiger partial charge on any atom is -0.466 e. The summed E-state index contributed by atoms with van der Waals surface area (Å²) in [4.78, 5) is 39.0. The first-order valence-corrected chi connectivity index (χ1v) is 10.3. The summed E-state index contributed by atoms with van der Waals surface area (Å²) in [6.07, 6.45) is 1.33. The Morgan fingerprint density at radius 3 is 2.57 bits per heavy atom. The molecule has 0 bridgehead atoms. The van der Waals surface area contributed by atoms with E-state index in [9.17, 15) is 14.4 Å². The maximum absolute atomic E-state index is 12.6. The second-order valence-corrected chi connectivity index (χ2v) is 7.65. The van der Waals surface area contributed by atoms with Gasteiger partial charge in [0.25, 0.3) is 0 Å². The van der Waals surface area contributed by atoms with Crippen molar-refractivity contribution in [3.8, 4) is 0 Å². The molecule has 2 amide bonds. The number of nitrogens with zero attached hydrogens (tertiary/aromatic N) is 1. The molecule has 2 aliphatic heterocycles. The zero-order valence-electron chi connectivity index (χ0n) is 17.1. The van der Waals surface area contributed by atoms with E-state index in [1.165, 1.54) is 7.11 Å². The highest BCUT2D eigenvalue weighted by Gasteiger charge is 2.35. The molecule has 0 radical (unpaired) electrons. The Bertz CT molecular complexity index is 849. The van der Waals surface area contributed by atoms with E-state index >= 15 is 0 Å². The number of benzene rings is 1. The number of methoxy groups -OCH3 is 1. The molecule has 0 spiro atoms. The normalized spacial score (nSPS) is 20.4. The lowest BCUT2D eigenvalue weighted by atomic mass is 9.93. The van der Waals surface area contributed by atoms with Crippen LogP contribution in [0.15, 0.2) is 35.5 Å². The first-order valence-electron chi connectivity index (χ1n) is 9.96. The van der Waals surface area contributed by atoms with Crippen LogP contribution in [0.25, 0.3) is 0 Å². The van der Waals surface area contributed by atoms with Crippen molar-refractivity contribution in [3.63, 3.8) is 0 Å². The number of rotatable bonds is 6. The number of nitrogens with one attached hydrogen (secondary N) is 2. The van der Waals surface area contributed by atoms with Crippen LogP contribution < -0.4 is 10.6 Å². The Morgan fingerprint density at radius 2 is 1.93 bits per heavy atom. The number of carbonyl (C=O) groups is 3. The molecule has 1 aromatic rings. The maximum Gasteiger partial charge on any atom is 0.338 e. The van der Waals surface area contributed by atoms with Crippen molar-refractivity contribution >= 4 is 29.6 Å². The quantitative estimate of drug-likeness (QED) is 0.666.